The zero-order chi connectivity index (χ0) is 17.0. The van der Waals surface area contributed by atoms with E-state index < -0.39 is 22.7 Å². The summed E-state index contributed by atoms with van der Waals surface area (Å²) in [4.78, 5) is 0. The molecular formula is C18H16N4O. The Labute approximate surface area is 135 Å². The SMILES string of the molecule is CC(C)(C)OC1=C[C@@H]2[C@@H]1[C@H]1C=C[C@H]2C(C#N)(C#N)C1(C#N)C#N. The van der Waals surface area contributed by atoms with E-state index in [4.69, 9.17) is 4.74 Å². The van der Waals surface area contributed by atoms with Gasteiger partial charge >= 0.3 is 0 Å². The molecule has 0 amide bonds. The van der Waals surface area contributed by atoms with Crippen LogP contribution in [-0.4, -0.2) is 5.60 Å². The second kappa shape index (κ2) is 4.38. The van der Waals surface area contributed by atoms with E-state index in [-0.39, 0.29) is 17.4 Å². The van der Waals surface area contributed by atoms with Crippen molar-refractivity contribution < 1.29 is 4.74 Å². The third-order valence-corrected chi connectivity index (χ3v) is 5.18. The summed E-state index contributed by atoms with van der Waals surface area (Å²) in [5.41, 5.74) is -3.68. The van der Waals surface area contributed by atoms with Crippen molar-refractivity contribution in [2.45, 2.75) is 26.4 Å². The van der Waals surface area contributed by atoms with Crippen molar-refractivity contribution in [3.05, 3.63) is 24.0 Å². The van der Waals surface area contributed by atoms with Crippen LogP contribution in [0.1, 0.15) is 20.8 Å². The molecule has 5 heteroatoms. The molecule has 4 rings (SSSR count). The molecule has 4 aliphatic rings. The zero-order valence-electron chi connectivity index (χ0n) is 13.2. The molecule has 23 heavy (non-hydrogen) atoms. The molecule has 0 unspecified atom stereocenters. The molecule has 114 valence electrons. The van der Waals surface area contributed by atoms with E-state index in [0.29, 0.717) is 0 Å². The molecule has 0 heterocycles. The summed E-state index contributed by atoms with van der Waals surface area (Å²) < 4.78 is 5.96. The lowest BCUT2D eigenvalue weighted by Gasteiger charge is -2.59. The van der Waals surface area contributed by atoms with E-state index in [1.54, 1.807) is 0 Å². The quantitative estimate of drug-likeness (QED) is 0.693. The highest BCUT2D eigenvalue weighted by Crippen LogP contribution is 2.68. The Morgan fingerprint density at radius 2 is 1.39 bits per heavy atom. The summed E-state index contributed by atoms with van der Waals surface area (Å²) in [5.74, 6) is -0.343. The molecule has 0 saturated heterocycles. The van der Waals surface area contributed by atoms with E-state index in [1.165, 1.54) is 0 Å². The Morgan fingerprint density at radius 3 is 1.87 bits per heavy atom. The Bertz CT molecular complexity index is 759. The van der Waals surface area contributed by atoms with Gasteiger partial charge in [0.15, 0.2) is 10.8 Å². The van der Waals surface area contributed by atoms with Gasteiger partial charge in [-0.3, -0.25) is 0 Å². The summed E-state index contributed by atoms with van der Waals surface area (Å²) >= 11 is 0. The first-order valence-corrected chi connectivity index (χ1v) is 7.54. The first-order chi connectivity index (χ1) is 10.8. The van der Waals surface area contributed by atoms with Crippen LogP contribution >= 0.6 is 0 Å². The summed E-state index contributed by atoms with van der Waals surface area (Å²) in [7, 11) is 0. The number of ether oxygens (including phenoxy) is 1. The number of nitrogens with zero attached hydrogens (tertiary/aromatic N) is 4. The van der Waals surface area contributed by atoms with Crippen molar-refractivity contribution in [3.63, 3.8) is 0 Å². The van der Waals surface area contributed by atoms with E-state index in [0.717, 1.165) is 5.76 Å². The maximum Gasteiger partial charge on any atom is 0.182 e. The average Bonchev–Trinajstić information content (AvgIpc) is 2.50. The summed E-state index contributed by atoms with van der Waals surface area (Å²) in [6.45, 7) is 5.82. The Hall–Kier alpha value is -2.76. The summed E-state index contributed by atoms with van der Waals surface area (Å²) in [5, 5.41) is 38.8. The molecule has 1 saturated carbocycles. The number of hydrogen-bond acceptors (Lipinski definition) is 5. The first kappa shape index (κ1) is 15.1. The second-order valence-corrected chi connectivity index (χ2v) is 7.39. The zero-order valence-corrected chi connectivity index (χ0v) is 13.2. The lowest BCUT2D eigenvalue weighted by Crippen LogP contribution is -2.63. The lowest BCUT2D eigenvalue weighted by atomic mass is 9.38. The monoisotopic (exact) mass is 304 g/mol. The van der Waals surface area contributed by atoms with Crippen LogP contribution in [0.15, 0.2) is 24.0 Å². The van der Waals surface area contributed by atoms with Crippen LogP contribution in [0.2, 0.25) is 0 Å². The molecule has 0 N–H and O–H groups in total. The molecule has 0 radical (unpaired) electrons. The molecular weight excluding hydrogens is 288 g/mol. The smallest absolute Gasteiger partial charge is 0.182 e. The van der Waals surface area contributed by atoms with Crippen molar-refractivity contribution >= 4 is 0 Å². The van der Waals surface area contributed by atoms with Gasteiger partial charge in [0.25, 0.3) is 0 Å². The molecule has 0 aliphatic heterocycles. The average molecular weight is 304 g/mol. The Kier molecular flexibility index (Phi) is 2.88. The Morgan fingerprint density at radius 1 is 0.913 bits per heavy atom. The van der Waals surface area contributed by atoms with Crippen LogP contribution in [0.5, 0.6) is 0 Å². The van der Waals surface area contributed by atoms with Gasteiger partial charge in [-0.15, -0.1) is 0 Å². The third-order valence-electron chi connectivity index (χ3n) is 5.18. The van der Waals surface area contributed by atoms with Crippen LogP contribution in [0.3, 0.4) is 0 Å². The van der Waals surface area contributed by atoms with Crippen molar-refractivity contribution in [2.24, 2.45) is 34.5 Å². The van der Waals surface area contributed by atoms with Crippen molar-refractivity contribution in [1.82, 2.24) is 0 Å². The van der Waals surface area contributed by atoms with Gasteiger partial charge in [0.1, 0.15) is 5.60 Å². The fourth-order valence-corrected chi connectivity index (χ4v) is 4.24. The highest BCUT2D eigenvalue weighted by molar-refractivity contribution is 5.49. The van der Waals surface area contributed by atoms with Gasteiger partial charge in [-0.2, -0.15) is 21.0 Å². The number of nitriles is 4. The highest BCUT2D eigenvalue weighted by atomic mass is 16.5. The van der Waals surface area contributed by atoms with Crippen LogP contribution in [0, 0.1) is 79.8 Å². The minimum atomic E-state index is -1.67. The van der Waals surface area contributed by atoms with Gasteiger partial charge in [0.2, 0.25) is 0 Å². The largest absolute Gasteiger partial charge is 0.492 e. The van der Waals surface area contributed by atoms with Gasteiger partial charge in [-0.25, -0.2) is 0 Å². The maximum atomic E-state index is 9.74. The van der Waals surface area contributed by atoms with Crippen LogP contribution < -0.4 is 0 Å². The van der Waals surface area contributed by atoms with Crippen molar-refractivity contribution in [2.75, 3.05) is 0 Å². The summed E-state index contributed by atoms with van der Waals surface area (Å²) in [6.07, 6.45) is 5.60. The van der Waals surface area contributed by atoms with Gasteiger partial charge in [-0.1, -0.05) is 12.2 Å². The Balaban J connectivity index is 2.14. The number of rotatable bonds is 1. The molecule has 1 fully saturated rings. The molecule has 0 aromatic carbocycles. The van der Waals surface area contributed by atoms with Crippen LogP contribution in [0.4, 0.5) is 0 Å². The number of allylic oxidation sites excluding steroid dienone is 4. The van der Waals surface area contributed by atoms with E-state index in [1.807, 2.05) is 63.3 Å². The van der Waals surface area contributed by atoms with Crippen molar-refractivity contribution in [1.29, 1.82) is 21.0 Å². The first-order valence-electron chi connectivity index (χ1n) is 7.54. The molecule has 4 aliphatic carbocycles. The molecule has 4 atom stereocenters. The van der Waals surface area contributed by atoms with Crippen molar-refractivity contribution in [3.8, 4) is 24.3 Å². The lowest BCUT2D eigenvalue weighted by molar-refractivity contribution is -0.0644. The third kappa shape index (κ3) is 1.58. The predicted octanol–water partition coefficient (Wildman–Crippen LogP) is 2.81. The molecule has 5 nitrogen and oxygen atoms in total. The fourth-order valence-electron chi connectivity index (χ4n) is 4.24. The van der Waals surface area contributed by atoms with Gasteiger partial charge in [-0.05, 0) is 32.8 Å². The number of fused-ring (bicyclic) bond motifs is 1. The second-order valence-electron chi connectivity index (χ2n) is 7.39. The minimum Gasteiger partial charge on any atom is -0.492 e. The van der Waals surface area contributed by atoms with Gasteiger partial charge in [0, 0.05) is 17.8 Å². The van der Waals surface area contributed by atoms with E-state index in [9.17, 15) is 21.0 Å². The highest BCUT2D eigenvalue weighted by Gasteiger charge is 2.73. The molecule has 0 aromatic heterocycles. The fraction of sp³-hybridized carbons (Fsp3) is 0.556. The molecule has 0 spiro atoms. The minimum absolute atomic E-state index is 0.0310. The summed E-state index contributed by atoms with van der Waals surface area (Å²) in [6, 6.07) is 8.06. The standard InChI is InChI=1S/C18H16N4O/c1-16(2,3)23-14-6-11-12-4-5-13(15(11)14)18(9-21,10-22)17(12,7-19)8-20/h4-6,11-13,15H,1-3H3/t11-,12+,13+,15+/m0/s1. The molecule has 0 aromatic rings. The van der Waals surface area contributed by atoms with Gasteiger partial charge < -0.3 is 4.74 Å². The van der Waals surface area contributed by atoms with E-state index in [2.05, 4.69) is 0 Å². The van der Waals surface area contributed by atoms with E-state index >= 15 is 0 Å². The maximum absolute atomic E-state index is 9.74. The normalized spacial score (nSPS) is 34.5. The number of hydrogen-bond donors (Lipinski definition) is 0. The van der Waals surface area contributed by atoms with Crippen LogP contribution in [0.25, 0.3) is 0 Å². The topological polar surface area (TPSA) is 104 Å². The van der Waals surface area contributed by atoms with Gasteiger partial charge in [0.05, 0.1) is 30.0 Å². The predicted molar refractivity (Wildman–Crippen MR) is 79.3 cm³/mol. The van der Waals surface area contributed by atoms with Crippen LogP contribution in [-0.2, 0) is 4.74 Å². The molecule has 2 bridgehead atoms.